The summed E-state index contributed by atoms with van der Waals surface area (Å²) >= 11 is 3.52. The highest BCUT2D eigenvalue weighted by Gasteiger charge is 2.18. The quantitative estimate of drug-likeness (QED) is 0.795. The predicted molar refractivity (Wildman–Crippen MR) is 81.6 cm³/mol. The Labute approximate surface area is 124 Å². The lowest BCUT2D eigenvalue weighted by molar-refractivity contribution is 0.125. The first-order valence-corrected chi connectivity index (χ1v) is 7.23. The van der Waals surface area contributed by atoms with Crippen LogP contribution in [0.4, 0.5) is 0 Å². The van der Waals surface area contributed by atoms with Gasteiger partial charge in [-0.3, -0.25) is 4.90 Å². The van der Waals surface area contributed by atoms with E-state index in [1.54, 1.807) is 14.2 Å². The monoisotopic (exact) mass is 330 g/mol. The average molecular weight is 331 g/mol. The molecule has 0 saturated carbocycles. The molecule has 0 spiro atoms. The molecule has 5 heteroatoms. The summed E-state index contributed by atoms with van der Waals surface area (Å²) in [6.07, 6.45) is 0. The molecule has 0 bridgehead atoms. The Morgan fingerprint density at radius 2 is 2.11 bits per heavy atom. The Bertz CT molecular complexity index is 388. The molecule has 1 atom stereocenters. The van der Waals surface area contributed by atoms with Crippen molar-refractivity contribution < 1.29 is 9.47 Å². The van der Waals surface area contributed by atoms with Crippen molar-refractivity contribution in [3.63, 3.8) is 0 Å². The van der Waals surface area contributed by atoms with Crippen LogP contribution in [0.25, 0.3) is 0 Å². The van der Waals surface area contributed by atoms with Crippen LogP contribution in [0.2, 0.25) is 0 Å². The molecule has 0 fully saturated rings. The molecule has 1 unspecified atom stereocenters. The third-order valence-corrected chi connectivity index (χ3v) is 3.83. The lowest BCUT2D eigenvalue weighted by Crippen LogP contribution is -2.36. The summed E-state index contributed by atoms with van der Waals surface area (Å²) in [5.41, 5.74) is 7.13. The minimum absolute atomic E-state index is 0.197. The Morgan fingerprint density at radius 1 is 1.37 bits per heavy atom. The first-order chi connectivity index (χ1) is 9.17. The van der Waals surface area contributed by atoms with Gasteiger partial charge in [-0.1, -0.05) is 13.0 Å². The molecule has 0 aliphatic rings. The molecule has 1 aromatic rings. The first kappa shape index (κ1) is 16.4. The van der Waals surface area contributed by atoms with Crippen molar-refractivity contribution in [2.45, 2.75) is 13.0 Å². The molecule has 2 N–H and O–H groups in total. The van der Waals surface area contributed by atoms with Crippen LogP contribution in [0.3, 0.4) is 0 Å². The molecule has 0 saturated heterocycles. The molecule has 108 valence electrons. The average Bonchev–Trinajstić information content (AvgIpc) is 2.43. The molecule has 0 aliphatic heterocycles. The fourth-order valence-corrected chi connectivity index (χ4v) is 2.69. The van der Waals surface area contributed by atoms with Gasteiger partial charge >= 0.3 is 0 Å². The summed E-state index contributed by atoms with van der Waals surface area (Å²) in [6, 6.07) is 6.30. The minimum Gasteiger partial charge on any atom is -0.496 e. The standard InChI is InChI=1S/C14H23BrN2O2/c1-4-17(7-8-18-2)13(10-16)11-5-6-14(19-3)12(15)9-11/h5-6,9,13H,4,7-8,10,16H2,1-3H3. The van der Waals surface area contributed by atoms with Crippen molar-refractivity contribution >= 4 is 15.9 Å². The molecule has 0 heterocycles. The Kier molecular flexibility index (Phi) is 7.38. The van der Waals surface area contributed by atoms with Crippen LogP contribution in [0, 0.1) is 0 Å². The van der Waals surface area contributed by atoms with Gasteiger partial charge in [-0.2, -0.15) is 0 Å². The fourth-order valence-electron chi connectivity index (χ4n) is 2.13. The minimum atomic E-state index is 0.197. The largest absolute Gasteiger partial charge is 0.496 e. The SMILES string of the molecule is CCN(CCOC)C(CN)c1ccc(OC)c(Br)c1. The summed E-state index contributed by atoms with van der Waals surface area (Å²) in [6.45, 7) is 5.24. The van der Waals surface area contributed by atoms with E-state index in [4.69, 9.17) is 15.2 Å². The number of benzene rings is 1. The predicted octanol–water partition coefficient (Wildman–Crippen LogP) is 2.43. The smallest absolute Gasteiger partial charge is 0.133 e. The maximum Gasteiger partial charge on any atom is 0.133 e. The van der Waals surface area contributed by atoms with Gasteiger partial charge in [-0.15, -0.1) is 0 Å². The molecular weight excluding hydrogens is 308 g/mol. The van der Waals surface area contributed by atoms with Crippen molar-refractivity contribution in [2.75, 3.05) is 40.5 Å². The summed E-state index contributed by atoms with van der Waals surface area (Å²) in [5.74, 6) is 0.833. The van der Waals surface area contributed by atoms with Crippen molar-refractivity contribution in [3.05, 3.63) is 28.2 Å². The number of ether oxygens (including phenoxy) is 2. The zero-order chi connectivity index (χ0) is 14.3. The number of hydrogen-bond donors (Lipinski definition) is 1. The second kappa shape index (κ2) is 8.53. The highest BCUT2D eigenvalue weighted by atomic mass is 79.9. The van der Waals surface area contributed by atoms with Gasteiger partial charge in [0.15, 0.2) is 0 Å². The Balaban J connectivity index is 2.91. The topological polar surface area (TPSA) is 47.7 Å². The van der Waals surface area contributed by atoms with E-state index in [0.717, 1.165) is 23.3 Å². The van der Waals surface area contributed by atoms with Gasteiger partial charge in [0.2, 0.25) is 0 Å². The van der Waals surface area contributed by atoms with Crippen molar-refractivity contribution in [3.8, 4) is 5.75 Å². The molecular formula is C14H23BrN2O2. The van der Waals surface area contributed by atoms with E-state index < -0.39 is 0 Å². The van der Waals surface area contributed by atoms with Crippen LogP contribution >= 0.6 is 15.9 Å². The number of likely N-dealkylation sites (N-methyl/N-ethyl adjacent to an activating group) is 1. The second-order valence-corrected chi connectivity index (χ2v) is 5.12. The number of nitrogens with two attached hydrogens (primary N) is 1. The van der Waals surface area contributed by atoms with Crippen LogP contribution in [0.15, 0.2) is 22.7 Å². The summed E-state index contributed by atoms with van der Waals surface area (Å²) in [5, 5.41) is 0. The molecule has 0 amide bonds. The lowest BCUT2D eigenvalue weighted by Gasteiger charge is -2.30. The van der Waals surface area contributed by atoms with E-state index in [1.165, 1.54) is 5.56 Å². The number of rotatable bonds is 8. The van der Waals surface area contributed by atoms with Gasteiger partial charge in [0.1, 0.15) is 5.75 Å². The maximum atomic E-state index is 5.94. The van der Waals surface area contributed by atoms with Gasteiger partial charge in [-0.05, 0) is 40.2 Å². The first-order valence-electron chi connectivity index (χ1n) is 6.44. The van der Waals surface area contributed by atoms with Crippen LogP contribution in [-0.2, 0) is 4.74 Å². The van der Waals surface area contributed by atoms with Crippen molar-refractivity contribution in [1.29, 1.82) is 0 Å². The van der Waals surface area contributed by atoms with Gasteiger partial charge in [0, 0.05) is 26.2 Å². The van der Waals surface area contributed by atoms with Gasteiger partial charge < -0.3 is 15.2 Å². The third kappa shape index (κ3) is 4.45. The van der Waals surface area contributed by atoms with Gasteiger partial charge in [0.25, 0.3) is 0 Å². The van der Waals surface area contributed by atoms with E-state index in [-0.39, 0.29) is 6.04 Å². The number of nitrogens with zero attached hydrogens (tertiary/aromatic N) is 1. The molecule has 4 nitrogen and oxygen atoms in total. The van der Waals surface area contributed by atoms with E-state index in [1.807, 2.05) is 6.07 Å². The Morgan fingerprint density at radius 3 is 2.58 bits per heavy atom. The van der Waals surface area contributed by atoms with Crippen molar-refractivity contribution in [2.24, 2.45) is 5.73 Å². The van der Waals surface area contributed by atoms with Crippen LogP contribution < -0.4 is 10.5 Å². The molecule has 0 aromatic heterocycles. The van der Waals surface area contributed by atoms with Gasteiger partial charge in [0.05, 0.1) is 18.2 Å². The molecule has 0 radical (unpaired) electrons. The number of methoxy groups -OCH3 is 2. The molecule has 19 heavy (non-hydrogen) atoms. The van der Waals surface area contributed by atoms with E-state index >= 15 is 0 Å². The second-order valence-electron chi connectivity index (χ2n) is 4.27. The number of hydrogen-bond acceptors (Lipinski definition) is 4. The summed E-state index contributed by atoms with van der Waals surface area (Å²) < 4.78 is 11.4. The highest BCUT2D eigenvalue weighted by Crippen LogP contribution is 2.29. The molecule has 0 aliphatic carbocycles. The van der Waals surface area contributed by atoms with Crippen LogP contribution in [-0.4, -0.2) is 45.4 Å². The zero-order valence-corrected chi connectivity index (χ0v) is 13.4. The summed E-state index contributed by atoms with van der Waals surface area (Å²) in [7, 11) is 3.38. The van der Waals surface area contributed by atoms with Gasteiger partial charge in [-0.25, -0.2) is 0 Å². The zero-order valence-electron chi connectivity index (χ0n) is 11.9. The Hall–Kier alpha value is -0.620. The third-order valence-electron chi connectivity index (χ3n) is 3.21. The van der Waals surface area contributed by atoms with Crippen molar-refractivity contribution in [1.82, 2.24) is 4.90 Å². The fraction of sp³-hybridized carbons (Fsp3) is 0.571. The van der Waals surface area contributed by atoms with Crippen LogP contribution in [0.1, 0.15) is 18.5 Å². The number of halogens is 1. The summed E-state index contributed by atoms with van der Waals surface area (Å²) in [4.78, 5) is 2.32. The van der Waals surface area contributed by atoms with E-state index in [0.29, 0.717) is 13.2 Å². The lowest BCUT2D eigenvalue weighted by atomic mass is 10.1. The molecule has 1 rings (SSSR count). The highest BCUT2D eigenvalue weighted by molar-refractivity contribution is 9.10. The normalized spacial score (nSPS) is 12.7. The van der Waals surface area contributed by atoms with Crippen LogP contribution in [0.5, 0.6) is 5.75 Å². The maximum absolute atomic E-state index is 5.94. The van der Waals surface area contributed by atoms with E-state index in [9.17, 15) is 0 Å². The van der Waals surface area contributed by atoms with E-state index in [2.05, 4.69) is 39.9 Å². The molecule has 1 aromatic carbocycles.